The maximum atomic E-state index is 6.55. The van der Waals surface area contributed by atoms with Crippen LogP contribution in [0.3, 0.4) is 0 Å². The molecule has 1 unspecified atom stereocenters. The molecule has 0 heterocycles. The van der Waals surface area contributed by atoms with E-state index in [1.807, 2.05) is 43.3 Å². The number of alkyl halides is 1. The van der Waals surface area contributed by atoms with Crippen LogP contribution in [0.2, 0.25) is 5.02 Å². The van der Waals surface area contributed by atoms with Gasteiger partial charge in [-0.3, -0.25) is 0 Å². The first kappa shape index (κ1) is 14.7. The molecule has 0 fully saturated rings. The first-order chi connectivity index (χ1) is 9.02. The monoisotopic (exact) mass is 358 g/mol. The van der Waals surface area contributed by atoms with E-state index in [4.69, 9.17) is 27.9 Å². The van der Waals surface area contributed by atoms with Crippen molar-refractivity contribution in [3.63, 3.8) is 0 Å². The molecule has 2 rings (SSSR count). The molecule has 0 N–H and O–H groups in total. The van der Waals surface area contributed by atoms with Crippen LogP contribution in [0.25, 0.3) is 0 Å². The first-order valence-electron chi connectivity index (χ1n) is 5.76. The Morgan fingerprint density at radius 1 is 1.16 bits per heavy atom. The summed E-state index contributed by atoms with van der Waals surface area (Å²) in [4.78, 5) is 0. The van der Waals surface area contributed by atoms with Crippen LogP contribution in [0.1, 0.15) is 22.1 Å². The van der Waals surface area contributed by atoms with Crippen LogP contribution in [-0.4, -0.2) is 7.11 Å². The van der Waals surface area contributed by atoms with E-state index in [1.54, 1.807) is 7.11 Å². The molecule has 1 nitrogen and oxygen atoms in total. The lowest BCUT2D eigenvalue weighted by Crippen LogP contribution is -1.98. The summed E-state index contributed by atoms with van der Waals surface area (Å²) >= 11 is 16.0. The van der Waals surface area contributed by atoms with E-state index < -0.39 is 0 Å². The number of methoxy groups -OCH3 is 1. The van der Waals surface area contributed by atoms with Crippen molar-refractivity contribution in [2.45, 2.75) is 12.3 Å². The number of hydrogen-bond donors (Lipinski definition) is 0. The highest BCUT2D eigenvalue weighted by molar-refractivity contribution is 9.10. The molecule has 1 atom stereocenters. The Labute approximate surface area is 131 Å². The van der Waals surface area contributed by atoms with Gasteiger partial charge in [-0.15, -0.1) is 11.6 Å². The van der Waals surface area contributed by atoms with Crippen LogP contribution in [0.4, 0.5) is 0 Å². The highest BCUT2D eigenvalue weighted by atomic mass is 79.9. The van der Waals surface area contributed by atoms with Crippen LogP contribution in [0.15, 0.2) is 40.9 Å². The third-order valence-electron chi connectivity index (χ3n) is 2.95. The summed E-state index contributed by atoms with van der Waals surface area (Å²) in [6.07, 6.45) is 0. The summed E-state index contributed by atoms with van der Waals surface area (Å²) in [6, 6.07) is 11.5. The van der Waals surface area contributed by atoms with Gasteiger partial charge in [0.25, 0.3) is 0 Å². The van der Waals surface area contributed by atoms with Gasteiger partial charge in [0, 0.05) is 15.1 Å². The SMILES string of the molecule is COc1cc(C)c(Br)cc1C(Cl)c1ccc(Cl)cc1. The smallest absolute Gasteiger partial charge is 0.124 e. The number of halogens is 3. The van der Waals surface area contributed by atoms with Gasteiger partial charge in [0.05, 0.1) is 12.5 Å². The molecule has 0 aliphatic heterocycles. The fraction of sp³-hybridized carbons (Fsp3) is 0.200. The predicted octanol–water partition coefficient (Wildman–Crippen LogP) is 5.75. The molecule has 100 valence electrons. The quantitative estimate of drug-likeness (QED) is 0.634. The van der Waals surface area contributed by atoms with Gasteiger partial charge in [-0.2, -0.15) is 0 Å². The second kappa shape index (κ2) is 6.17. The number of benzene rings is 2. The highest BCUT2D eigenvalue weighted by Gasteiger charge is 2.17. The van der Waals surface area contributed by atoms with Crippen molar-refractivity contribution in [3.05, 3.63) is 62.6 Å². The minimum Gasteiger partial charge on any atom is -0.496 e. The van der Waals surface area contributed by atoms with Gasteiger partial charge in [0.2, 0.25) is 0 Å². The number of ether oxygens (including phenoxy) is 1. The maximum absolute atomic E-state index is 6.55. The summed E-state index contributed by atoms with van der Waals surface area (Å²) in [5, 5.41) is 0.425. The third-order valence-corrected chi connectivity index (χ3v) is 4.54. The predicted molar refractivity (Wildman–Crippen MR) is 84.6 cm³/mol. The van der Waals surface area contributed by atoms with Gasteiger partial charge in [-0.1, -0.05) is 39.7 Å². The van der Waals surface area contributed by atoms with Crippen molar-refractivity contribution in [2.75, 3.05) is 7.11 Å². The number of aryl methyl sites for hydroxylation is 1. The van der Waals surface area contributed by atoms with Crippen molar-refractivity contribution in [1.29, 1.82) is 0 Å². The van der Waals surface area contributed by atoms with Crippen molar-refractivity contribution in [3.8, 4) is 5.75 Å². The van der Waals surface area contributed by atoms with Crippen molar-refractivity contribution in [2.24, 2.45) is 0 Å². The second-order valence-electron chi connectivity index (χ2n) is 4.26. The second-order valence-corrected chi connectivity index (χ2v) is 5.98. The standard InChI is InChI=1S/C15H13BrCl2O/c1-9-7-14(19-2)12(8-13(9)16)15(18)10-3-5-11(17)6-4-10/h3-8,15H,1-2H3. The zero-order valence-corrected chi connectivity index (χ0v) is 13.7. The minimum atomic E-state index is -0.274. The van der Waals surface area contributed by atoms with Gasteiger partial charge in [0.15, 0.2) is 0 Å². The van der Waals surface area contributed by atoms with E-state index in [2.05, 4.69) is 15.9 Å². The Bertz CT molecular complexity index is 581. The van der Waals surface area contributed by atoms with E-state index in [9.17, 15) is 0 Å². The molecule has 4 heteroatoms. The van der Waals surface area contributed by atoms with Crippen molar-refractivity contribution < 1.29 is 4.74 Å². The zero-order valence-electron chi connectivity index (χ0n) is 10.6. The molecular weight excluding hydrogens is 347 g/mol. The molecule has 0 radical (unpaired) electrons. The van der Waals surface area contributed by atoms with E-state index in [0.717, 1.165) is 26.9 Å². The van der Waals surface area contributed by atoms with Crippen LogP contribution in [0.5, 0.6) is 5.75 Å². The molecule has 2 aromatic carbocycles. The van der Waals surface area contributed by atoms with Gasteiger partial charge in [-0.25, -0.2) is 0 Å². The molecule has 0 aliphatic carbocycles. The summed E-state index contributed by atoms with van der Waals surface area (Å²) in [6.45, 7) is 2.02. The fourth-order valence-corrected chi connectivity index (χ4v) is 2.66. The van der Waals surface area contributed by atoms with Gasteiger partial charge in [0.1, 0.15) is 5.75 Å². The molecule has 0 amide bonds. The van der Waals surface area contributed by atoms with Crippen molar-refractivity contribution in [1.82, 2.24) is 0 Å². The molecule has 0 spiro atoms. The maximum Gasteiger partial charge on any atom is 0.124 e. The first-order valence-corrected chi connectivity index (χ1v) is 7.37. The summed E-state index contributed by atoms with van der Waals surface area (Å²) in [5.41, 5.74) is 3.03. The van der Waals surface area contributed by atoms with Crippen LogP contribution < -0.4 is 4.74 Å². The van der Waals surface area contributed by atoms with Crippen LogP contribution in [-0.2, 0) is 0 Å². The molecule has 0 aliphatic rings. The largest absolute Gasteiger partial charge is 0.496 e. The van der Waals surface area contributed by atoms with Gasteiger partial charge in [-0.05, 0) is 42.3 Å². The molecule has 2 aromatic rings. The van der Waals surface area contributed by atoms with E-state index in [1.165, 1.54) is 0 Å². The molecule has 0 aromatic heterocycles. The number of rotatable bonds is 3. The molecular formula is C15H13BrCl2O. The van der Waals surface area contributed by atoms with E-state index in [0.29, 0.717) is 5.02 Å². The third kappa shape index (κ3) is 3.25. The lowest BCUT2D eigenvalue weighted by atomic mass is 10.0. The Morgan fingerprint density at radius 3 is 2.37 bits per heavy atom. The zero-order chi connectivity index (χ0) is 14.0. The van der Waals surface area contributed by atoms with Crippen LogP contribution >= 0.6 is 39.1 Å². The molecule has 0 saturated heterocycles. The van der Waals surface area contributed by atoms with Crippen molar-refractivity contribution >= 4 is 39.1 Å². The van der Waals surface area contributed by atoms with Crippen LogP contribution in [0, 0.1) is 6.92 Å². The molecule has 0 bridgehead atoms. The Morgan fingerprint density at radius 2 is 1.79 bits per heavy atom. The highest BCUT2D eigenvalue weighted by Crippen LogP contribution is 2.38. The molecule has 19 heavy (non-hydrogen) atoms. The number of hydrogen-bond acceptors (Lipinski definition) is 1. The Kier molecular flexibility index (Phi) is 4.77. The lowest BCUT2D eigenvalue weighted by Gasteiger charge is -2.16. The topological polar surface area (TPSA) is 9.23 Å². The van der Waals surface area contributed by atoms with Gasteiger partial charge < -0.3 is 4.74 Å². The van der Waals surface area contributed by atoms with Gasteiger partial charge >= 0.3 is 0 Å². The average Bonchev–Trinajstić information content (AvgIpc) is 2.41. The minimum absolute atomic E-state index is 0.274. The van der Waals surface area contributed by atoms with E-state index in [-0.39, 0.29) is 5.38 Å². The Hall–Kier alpha value is -0.700. The lowest BCUT2D eigenvalue weighted by molar-refractivity contribution is 0.409. The average molecular weight is 360 g/mol. The fourth-order valence-electron chi connectivity index (χ4n) is 1.86. The Balaban J connectivity index is 2.45. The van der Waals surface area contributed by atoms with E-state index >= 15 is 0 Å². The summed E-state index contributed by atoms with van der Waals surface area (Å²) < 4.78 is 6.43. The normalized spacial score (nSPS) is 12.3. The summed E-state index contributed by atoms with van der Waals surface area (Å²) in [5.74, 6) is 0.788. The molecule has 0 saturated carbocycles. The summed E-state index contributed by atoms with van der Waals surface area (Å²) in [7, 11) is 1.65.